The molecule has 1 N–H and O–H groups in total. The van der Waals surface area contributed by atoms with Gasteiger partial charge in [0.25, 0.3) is 0 Å². The molecule has 1 atom stereocenters. The van der Waals surface area contributed by atoms with E-state index in [9.17, 15) is 5.11 Å². The summed E-state index contributed by atoms with van der Waals surface area (Å²) < 4.78 is 7.38. The molecule has 4 heteroatoms. The van der Waals surface area contributed by atoms with Crippen molar-refractivity contribution in [3.8, 4) is 5.75 Å². The van der Waals surface area contributed by atoms with Crippen molar-refractivity contribution in [3.05, 3.63) is 47.5 Å². The SMILES string of the molecule is CCCc1ncc([C@H](O)c2ccc(OCC)cc2)n1C. The molecule has 0 bridgehead atoms. The summed E-state index contributed by atoms with van der Waals surface area (Å²) in [5.41, 5.74) is 1.66. The molecule has 1 aromatic carbocycles. The monoisotopic (exact) mass is 274 g/mol. The maximum atomic E-state index is 10.5. The van der Waals surface area contributed by atoms with Crippen LogP contribution in [-0.2, 0) is 13.5 Å². The summed E-state index contributed by atoms with van der Waals surface area (Å²) in [5, 5.41) is 10.5. The van der Waals surface area contributed by atoms with Gasteiger partial charge in [0.15, 0.2) is 0 Å². The van der Waals surface area contributed by atoms with Gasteiger partial charge in [0, 0.05) is 13.5 Å². The fourth-order valence-corrected chi connectivity index (χ4v) is 2.26. The predicted molar refractivity (Wildman–Crippen MR) is 78.9 cm³/mol. The van der Waals surface area contributed by atoms with Crippen molar-refractivity contribution >= 4 is 0 Å². The lowest BCUT2D eigenvalue weighted by molar-refractivity contribution is 0.211. The highest BCUT2D eigenvalue weighted by Gasteiger charge is 2.16. The zero-order valence-electron chi connectivity index (χ0n) is 12.3. The number of aryl methyl sites for hydroxylation is 1. The highest BCUT2D eigenvalue weighted by atomic mass is 16.5. The van der Waals surface area contributed by atoms with Gasteiger partial charge in [-0.15, -0.1) is 0 Å². The van der Waals surface area contributed by atoms with Crippen LogP contribution in [0.25, 0.3) is 0 Å². The zero-order valence-corrected chi connectivity index (χ0v) is 12.3. The first kappa shape index (κ1) is 14.6. The summed E-state index contributed by atoms with van der Waals surface area (Å²) in [6, 6.07) is 7.54. The summed E-state index contributed by atoms with van der Waals surface area (Å²) >= 11 is 0. The Labute approximate surface area is 120 Å². The lowest BCUT2D eigenvalue weighted by atomic mass is 10.1. The van der Waals surface area contributed by atoms with Crippen LogP contribution in [0.5, 0.6) is 5.75 Å². The van der Waals surface area contributed by atoms with Crippen LogP contribution in [0.15, 0.2) is 30.5 Å². The van der Waals surface area contributed by atoms with Gasteiger partial charge in [-0.3, -0.25) is 0 Å². The van der Waals surface area contributed by atoms with Gasteiger partial charge in [-0.05, 0) is 31.0 Å². The highest BCUT2D eigenvalue weighted by Crippen LogP contribution is 2.24. The molecule has 4 nitrogen and oxygen atoms in total. The van der Waals surface area contributed by atoms with Crippen LogP contribution < -0.4 is 4.74 Å². The average Bonchev–Trinajstić information content (AvgIpc) is 2.81. The van der Waals surface area contributed by atoms with Crippen molar-refractivity contribution in [2.75, 3.05) is 6.61 Å². The molecule has 0 unspecified atom stereocenters. The third kappa shape index (κ3) is 3.02. The number of rotatable bonds is 6. The van der Waals surface area contributed by atoms with Crippen molar-refractivity contribution < 1.29 is 9.84 Å². The summed E-state index contributed by atoms with van der Waals surface area (Å²) in [5.74, 6) is 1.83. The highest BCUT2D eigenvalue weighted by molar-refractivity contribution is 5.32. The Bertz CT molecular complexity index is 546. The van der Waals surface area contributed by atoms with Crippen LogP contribution in [0.3, 0.4) is 0 Å². The van der Waals surface area contributed by atoms with Gasteiger partial charge in [-0.1, -0.05) is 19.1 Å². The van der Waals surface area contributed by atoms with E-state index < -0.39 is 6.10 Å². The average molecular weight is 274 g/mol. The Morgan fingerprint density at radius 2 is 1.95 bits per heavy atom. The van der Waals surface area contributed by atoms with Crippen LogP contribution in [0.4, 0.5) is 0 Å². The number of aliphatic hydroxyl groups excluding tert-OH is 1. The van der Waals surface area contributed by atoms with E-state index in [-0.39, 0.29) is 0 Å². The predicted octanol–water partition coefficient (Wildman–Crippen LogP) is 2.85. The Morgan fingerprint density at radius 1 is 1.25 bits per heavy atom. The lowest BCUT2D eigenvalue weighted by Crippen LogP contribution is -2.08. The molecule has 0 aliphatic carbocycles. The number of hydrogen-bond acceptors (Lipinski definition) is 3. The first-order valence-electron chi connectivity index (χ1n) is 7.08. The van der Waals surface area contributed by atoms with E-state index in [1.54, 1.807) is 6.20 Å². The minimum Gasteiger partial charge on any atom is -0.494 e. The van der Waals surface area contributed by atoms with E-state index in [4.69, 9.17) is 4.74 Å². The van der Waals surface area contributed by atoms with Crippen molar-refractivity contribution in [2.24, 2.45) is 7.05 Å². The second-order valence-electron chi connectivity index (χ2n) is 4.81. The number of benzene rings is 1. The van der Waals surface area contributed by atoms with Crippen LogP contribution in [0.1, 0.15) is 43.5 Å². The van der Waals surface area contributed by atoms with E-state index in [2.05, 4.69) is 11.9 Å². The fourth-order valence-electron chi connectivity index (χ4n) is 2.26. The van der Waals surface area contributed by atoms with Crippen LogP contribution in [-0.4, -0.2) is 21.3 Å². The lowest BCUT2D eigenvalue weighted by Gasteiger charge is -2.13. The molecule has 0 spiro atoms. The molecule has 20 heavy (non-hydrogen) atoms. The largest absolute Gasteiger partial charge is 0.494 e. The van der Waals surface area contributed by atoms with Gasteiger partial charge in [-0.2, -0.15) is 0 Å². The summed E-state index contributed by atoms with van der Waals surface area (Å²) in [6.45, 7) is 4.72. The minimum atomic E-state index is -0.659. The topological polar surface area (TPSA) is 47.3 Å². The first-order chi connectivity index (χ1) is 9.67. The van der Waals surface area contributed by atoms with Crippen LogP contribution in [0.2, 0.25) is 0 Å². The van der Waals surface area contributed by atoms with Gasteiger partial charge in [0.1, 0.15) is 17.7 Å². The fraction of sp³-hybridized carbons (Fsp3) is 0.438. The third-order valence-corrected chi connectivity index (χ3v) is 3.38. The molecule has 1 aromatic heterocycles. The second-order valence-corrected chi connectivity index (χ2v) is 4.81. The van der Waals surface area contributed by atoms with Crippen LogP contribution in [0, 0.1) is 0 Å². The van der Waals surface area contributed by atoms with Crippen molar-refractivity contribution in [1.29, 1.82) is 0 Å². The van der Waals surface area contributed by atoms with Crippen molar-refractivity contribution in [2.45, 2.75) is 32.8 Å². The molecule has 0 saturated heterocycles. The van der Waals surface area contributed by atoms with Gasteiger partial charge < -0.3 is 14.4 Å². The molecule has 0 radical (unpaired) electrons. The third-order valence-electron chi connectivity index (χ3n) is 3.38. The molecule has 1 heterocycles. The number of aliphatic hydroxyl groups is 1. The molecule has 0 amide bonds. The molecule has 108 valence electrons. The Balaban J connectivity index is 2.20. The number of hydrogen-bond donors (Lipinski definition) is 1. The quantitative estimate of drug-likeness (QED) is 0.881. The molecular formula is C16H22N2O2. The summed E-state index contributed by atoms with van der Waals surface area (Å²) in [6.07, 6.45) is 3.07. The number of nitrogens with zero attached hydrogens (tertiary/aromatic N) is 2. The van der Waals surface area contributed by atoms with E-state index in [1.165, 1.54) is 0 Å². The van der Waals surface area contributed by atoms with E-state index in [0.29, 0.717) is 6.61 Å². The first-order valence-corrected chi connectivity index (χ1v) is 7.08. The molecule has 0 aliphatic heterocycles. The van der Waals surface area contributed by atoms with Gasteiger partial charge >= 0.3 is 0 Å². The Kier molecular flexibility index (Phi) is 4.79. The van der Waals surface area contributed by atoms with Gasteiger partial charge in [-0.25, -0.2) is 4.98 Å². The van der Waals surface area contributed by atoms with Crippen molar-refractivity contribution in [1.82, 2.24) is 9.55 Å². The van der Waals surface area contributed by atoms with Gasteiger partial charge in [0.2, 0.25) is 0 Å². The standard InChI is InChI=1S/C16H22N2O2/c1-4-6-15-17-11-14(18(15)3)16(19)12-7-9-13(10-8-12)20-5-2/h7-11,16,19H,4-6H2,1-3H3/t16-/m1/s1. The van der Waals surface area contributed by atoms with E-state index in [0.717, 1.165) is 35.7 Å². The minimum absolute atomic E-state index is 0.643. The Hall–Kier alpha value is -1.81. The molecule has 0 saturated carbocycles. The van der Waals surface area contributed by atoms with E-state index >= 15 is 0 Å². The molecule has 0 aliphatic rings. The molecular weight excluding hydrogens is 252 g/mol. The summed E-state index contributed by atoms with van der Waals surface area (Å²) in [4.78, 5) is 4.38. The summed E-state index contributed by atoms with van der Waals surface area (Å²) in [7, 11) is 1.95. The smallest absolute Gasteiger partial charge is 0.121 e. The number of aromatic nitrogens is 2. The van der Waals surface area contributed by atoms with Gasteiger partial charge in [0.05, 0.1) is 18.5 Å². The normalized spacial score (nSPS) is 12.4. The molecule has 2 rings (SSSR count). The van der Waals surface area contributed by atoms with Crippen LogP contribution >= 0.6 is 0 Å². The number of imidazole rings is 1. The second kappa shape index (κ2) is 6.57. The maximum Gasteiger partial charge on any atom is 0.121 e. The molecule has 2 aromatic rings. The van der Waals surface area contributed by atoms with E-state index in [1.807, 2.05) is 42.8 Å². The maximum absolute atomic E-state index is 10.5. The zero-order chi connectivity index (χ0) is 14.5. The Morgan fingerprint density at radius 3 is 2.55 bits per heavy atom. The number of ether oxygens (including phenoxy) is 1. The van der Waals surface area contributed by atoms with Crippen molar-refractivity contribution in [3.63, 3.8) is 0 Å². The molecule has 0 fully saturated rings.